The molecule has 0 aliphatic heterocycles. The summed E-state index contributed by atoms with van der Waals surface area (Å²) in [6.45, 7) is 1.92. The maximum atomic E-state index is 10.6. The minimum Gasteiger partial charge on any atom is -0.497 e. The van der Waals surface area contributed by atoms with Crippen LogP contribution in [0.5, 0.6) is 5.75 Å². The highest BCUT2D eigenvalue weighted by Crippen LogP contribution is 2.22. The van der Waals surface area contributed by atoms with E-state index in [1.165, 1.54) is 6.08 Å². The molecule has 1 aromatic carbocycles. The molecule has 0 amide bonds. The molecule has 0 aliphatic rings. The molecule has 0 bridgehead atoms. The maximum absolute atomic E-state index is 10.6. The summed E-state index contributed by atoms with van der Waals surface area (Å²) in [6, 6.07) is 7.39. The molecule has 0 saturated carbocycles. The Morgan fingerprint density at radius 2 is 2.27 bits per heavy atom. The number of hydrogen-bond donors (Lipinski definition) is 1. The average Bonchev–Trinajstić information content (AvgIpc) is 2.25. The van der Waals surface area contributed by atoms with Gasteiger partial charge in [-0.1, -0.05) is 19.1 Å². The molecule has 0 atom stereocenters. The van der Waals surface area contributed by atoms with Gasteiger partial charge in [-0.3, -0.25) is 0 Å². The number of methoxy groups -OCH3 is 1. The molecule has 1 rings (SSSR count). The molecule has 0 spiro atoms. The molecule has 3 nitrogen and oxygen atoms in total. The van der Waals surface area contributed by atoms with Gasteiger partial charge < -0.3 is 9.84 Å². The molecule has 80 valence electrons. The number of carbonyl (C=O) groups is 1. The van der Waals surface area contributed by atoms with Gasteiger partial charge in [0.1, 0.15) is 5.75 Å². The Balaban J connectivity index is 3.07. The first-order valence-corrected chi connectivity index (χ1v) is 4.75. The number of hydrogen-bond acceptors (Lipinski definition) is 2. The van der Waals surface area contributed by atoms with Gasteiger partial charge in [0, 0.05) is 6.08 Å². The quantitative estimate of drug-likeness (QED) is 0.770. The first kappa shape index (κ1) is 11.3. The van der Waals surface area contributed by atoms with Crippen molar-refractivity contribution in [1.82, 2.24) is 0 Å². The Kier molecular flexibility index (Phi) is 3.92. The van der Waals surface area contributed by atoms with E-state index in [2.05, 4.69) is 0 Å². The highest BCUT2D eigenvalue weighted by Gasteiger charge is 2.03. The molecule has 0 unspecified atom stereocenters. The van der Waals surface area contributed by atoms with Crippen molar-refractivity contribution in [2.24, 2.45) is 0 Å². The Labute approximate surface area is 89.0 Å². The van der Waals surface area contributed by atoms with Gasteiger partial charge in [0.25, 0.3) is 0 Å². The van der Waals surface area contributed by atoms with Crippen molar-refractivity contribution in [3.63, 3.8) is 0 Å². The standard InChI is InChI=1S/C12H14O3/c1-3-9(8-12(13)14)10-5-4-6-11(7-10)15-2/h4-8H,3H2,1-2H3,(H,13,14)/b9-8+. The number of allylic oxidation sites excluding steroid dienone is 1. The predicted molar refractivity (Wildman–Crippen MR) is 58.9 cm³/mol. The number of benzene rings is 1. The molecule has 0 fully saturated rings. The summed E-state index contributed by atoms with van der Waals surface area (Å²) in [5, 5.41) is 8.70. The van der Waals surface area contributed by atoms with Gasteiger partial charge >= 0.3 is 5.97 Å². The first-order chi connectivity index (χ1) is 7.17. The average molecular weight is 206 g/mol. The minimum atomic E-state index is -0.922. The van der Waals surface area contributed by atoms with Crippen LogP contribution in [0.4, 0.5) is 0 Å². The SMILES string of the molecule is CC/C(=C\C(=O)O)c1cccc(OC)c1. The third-order valence-electron chi connectivity index (χ3n) is 2.12. The van der Waals surface area contributed by atoms with E-state index in [0.717, 1.165) is 16.9 Å². The van der Waals surface area contributed by atoms with Crippen molar-refractivity contribution in [1.29, 1.82) is 0 Å². The second-order valence-electron chi connectivity index (χ2n) is 3.09. The van der Waals surface area contributed by atoms with Crippen LogP contribution in [0.25, 0.3) is 5.57 Å². The van der Waals surface area contributed by atoms with Crippen LogP contribution < -0.4 is 4.74 Å². The van der Waals surface area contributed by atoms with Gasteiger partial charge in [0.15, 0.2) is 0 Å². The van der Waals surface area contributed by atoms with Crippen LogP contribution in [-0.2, 0) is 4.79 Å². The third kappa shape index (κ3) is 3.13. The zero-order valence-electron chi connectivity index (χ0n) is 8.86. The van der Waals surface area contributed by atoms with Crippen LogP contribution in [0.3, 0.4) is 0 Å². The molecular weight excluding hydrogens is 192 g/mol. The molecule has 0 radical (unpaired) electrons. The predicted octanol–water partition coefficient (Wildman–Crippen LogP) is 2.57. The summed E-state index contributed by atoms with van der Waals surface area (Å²) in [5.41, 5.74) is 1.68. The van der Waals surface area contributed by atoms with E-state index in [9.17, 15) is 4.79 Å². The highest BCUT2D eigenvalue weighted by molar-refractivity contribution is 5.90. The Bertz CT molecular complexity index is 380. The maximum Gasteiger partial charge on any atom is 0.328 e. The van der Waals surface area contributed by atoms with Gasteiger partial charge in [-0.25, -0.2) is 4.79 Å². The van der Waals surface area contributed by atoms with Gasteiger partial charge in [0.2, 0.25) is 0 Å². The summed E-state index contributed by atoms with van der Waals surface area (Å²) < 4.78 is 5.08. The smallest absolute Gasteiger partial charge is 0.328 e. The van der Waals surface area contributed by atoms with Crippen molar-refractivity contribution in [2.75, 3.05) is 7.11 Å². The summed E-state index contributed by atoms with van der Waals surface area (Å²) in [5.74, 6) is -0.188. The van der Waals surface area contributed by atoms with E-state index < -0.39 is 5.97 Å². The zero-order valence-corrected chi connectivity index (χ0v) is 8.86. The number of ether oxygens (including phenoxy) is 1. The molecular formula is C12H14O3. The summed E-state index contributed by atoms with van der Waals surface area (Å²) >= 11 is 0. The molecule has 0 saturated heterocycles. The van der Waals surface area contributed by atoms with Gasteiger partial charge in [-0.15, -0.1) is 0 Å². The van der Waals surface area contributed by atoms with Crippen LogP contribution in [0.1, 0.15) is 18.9 Å². The first-order valence-electron chi connectivity index (χ1n) is 4.75. The lowest BCUT2D eigenvalue weighted by molar-refractivity contribution is -0.131. The lowest BCUT2D eigenvalue weighted by Crippen LogP contribution is -1.92. The van der Waals surface area contributed by atoms with E-state index in [1.807, 2.05) is 31.2 Å². The largest absolute Gasteiger partial charge is 0.497 e. The van der Waals surface area contributed by atoms with Crippen molar-refractivity contribution >= 4 is 11.5 Å². The van der Waals surface area contributed by atoms with Gasteiger partial charge in [-0.2, -0.15) is 0 Å². The topological polar surface area (TPSA) is 46.5 Å². The molecule has 3 heteroatoms. The second-order valence-corrected chi connectivity index (χ2v) is 3.09. The second kappa shape index (κ2) is 5.20. The molecule has 15 heavy (non-hydrogen) atoms. The number of carboxylic acid groups (broad SMARTS) is 1. The molecule has 0 heterocycles. The van der Waals surface area contributed by atoms with E-state index in [-0.39, 0.29) is 0 Å². The van der Waals surface area contributed by atoms with Crippen molar-refractivity contribution in [3.05, 3.63) is 35.9 Å². The fourth-order valence-electron chi connectivity index (χ4n) is 1.36. The molecule has 0 aromatic heterocycles. The van der Waals surface area contributed by atoms with Crippen LogP contribution in [0, 0.1) is 0 Å². The highest BCUT2D eigenvalue weighted by atomic mass is 16.5. The van der Waals surface area contributed by atoms with Crippen molar-refractivity contribution in [3.8, 4) is 5.75 Å². The van der Waals surface area contributed by atoms with E-state index in [4.69, 9.17) is 9.84 Å². The number of aliphatic carboxylic acids is 1. The summed E-state index contributed by atoms with van der Waals surface area (Å²) in [6.07, 6.45) is 1.91. The van der Waals surface area contributed by atoms with E-state index >= 15 is 0 Å². The zero-order chi connectivity index (χ0) is 11.3. The molecule has 0 aliphatic carbocycles. The van der Waals surface area contributed by atoms with Crippen LogP contribution in [0.2, 0.25) is 0 Å². The van der Waals surface area contributed by atoms with E-state index in [0.29, 0.717) is 6.42 Å². The van der Waals surface area contributed by atoms with Crippen LogP contribution in [-0.4, -0.2) is 18.2 Å². The summed E-state index contributed by atoms with van der Waals surface area (Å²) in [4.78, 5) is 10.6. The Morgan fingerprint density at radius 1 is 1.53 bits per heavy atom. The molecule has 1 aromatic rings. The van der Waals surface area contributed by atoms with Gasteiger partial charge in [0.05, 0.1) is 7.11 Å². The lowest BCUT2D eigenvalue weighted by Gasteiger charge is -2.06. The fraction of sp³-hybridized carbons (Fsp3) is 0.250. The normalized spacial score (nSPS) is 11.2. The van der Waals surface area contributed by atoms with Crippen LogP contribution in [0.15, 0.2) is 30.3 Å². The monoisotopic (exact) mass is 206 g/mol. The Morgan fingerprint density at radius 3 is 2.80 bits per heavy atom. The van der Waals surface area contributed by atoms with Crippen molar-refractivity contribution < 1.29 is 14.6 Å². The third-order valence-corrected chi connectivity index (χ3v) is 2.12. The minimum absolute atomic E-state index is 0.680. The van der Waals surface area contributed by atoms with Gasteiger partial charge in [-0.05, 0) is 29.7 Å². The lowest BCUT2D eigenvalue weighted by atomic mass is 10.0. The number of carboxylic acids is 1. The number of rotatable bonds is 4. The van der Waals surface area contributed by atoms with E-state index in [1.54, 1.807) is 7.11 Å². The van der Waals surface area contributed by atoms with Crippen molar-refractivity contribution in [2.45, 2.75) is 13.3 Å². The Hall–Kier alpha value is -1.77. The van der Waals surface area contributed by atoms with Crippen LogP contribution >= 0.6 is 0 Å². The fourth-order valence-corrected chi connectivity index (χ4v) is 1.36. The summed E-state index contributed by atoms with van der Waals surface area (Å²) in [7, 11) is 1.59. The molecule has 1 N–H and O–H groups in total.